The standard InChI is InChI=1S/C6H5F3N2O2/c7-6(8,9)4-2(5(10)13)1-3(12)11-4/h1H2,(H2,10,13)(H,11,12). The third-order valence-electron chi connectivity index (χ3n) is 1.48. The van der Waals surface area contributed by atoms with Gasteiger partial charge in [0.05, 0.1) is 12.0 Å². The molecule has 2 amide bonds. The number of rotatable bonds is 1. The summed E-state index contributed by atoms with van der Waals surface area (Å²) in [5.74, 6) is -2.10. The lowest BCUT2D eigenvalue weighted by atomic mass is 10.2. The predicted octanol–water partition coefficient (Wildman–Crippen LogP) is -0.192. The average molecular weight is 194 g/mol. The van der Waals surface area contributed by atoms with Crippen molar-refractivity contribution in [1.82, 2.24) is 5.32 Å². The van der Waals surface area contributed by atoms with Crippen molar-refractivity contribution in [2.45, 2.75) is 12.6 Å². The van der Waals surface area contributed by atoms with Crippen molar-refractivity contribution >= 4 is 11.8 Å². The molecular weight excluding hydrogens is 189 g/mol. The molecule has 0 spiro atoms. The summed E-state index contributed by atoms with van der Waals surface area (Å²) >= 11 is 0. The molecule has 0 aromatic carbocycles. The number of allylic oxidation sites excluding steroid dienone is 1. The molecule has 1 aliphatic heterocycles. The van der Waals surface area contributed by atoms with E-state index in [2.05, 4.69) is 5.73 Å². The van der Waals surface area contributed by atoms with E-state index in [1.54, 1.807) is 5.32 Å². The topological polar surface area (TPSA) is 72.2 Å². The zero-order chi connectivity index (χ0) is 10.2. The van der Waals surface area contributed by atoms with Crippen LogP contribution in [0.1, 0.15) is 6.42 Å². The largest absolute Gasteiger partial charge is 0.431 e. The van der Waals surface area contributed by atoms with Crippen LogP contribution < -0.4 is 11.1 Å². The molecule has 0 bridgehead atoms. The highest BCUT2D eigenvalue weighted by molar-refractivity contribution is 6.02. The number of nitrogens with two attached hydrogens (primary N) is 1. The van der Waals surface area contributed by atoms with Crippen molar-refractivity contribution in [3.05, 3.63) is 11.3 Å². The Kier molecular flexibility index (Phi) is 2.02. The number of alkyl halides is 3. The Balaban J connectivity index is 3.09. The third kappa shape index (κ3) is 1.79. The van der Waals surface area contributed by atoms with E-state index < -0.39 is 35.7 Å². The molecule has 1 rings (SSSR count). The van der Waals surface area contributed by atoms with Crippen LogP contribution >= 0.6 is 0 Å². The number of carbonyl (C=O) groups excluding carboxylic acids is 2. The quantitative estimate of drug-likeness (QED) is 0.607. The first-order chi connectivity index (χ1) is 5.82. The van der Waals surface area contributed by atoms with Gasteiger partial charge in [0, 0.05) is 0 Å². The van der Waals surface area contributed by atoms with Gasteiger partial charge in [0.15, 0.2) is 0 Å². The van der Waals surface area contributed by atoms with Gasteiger partial charge in [-0.15, -0.1) is 0 Å². The van der Waals surface area contributed by atoms with Gasteiger partial charge in [-0.05, 0) is 0 Å². The fourth-order valence-electron chi connectivity index (χ4n) is 0.960. The summed E-state index contributed by atoms with van der Waals surface area (Å²) < 4.78 is 36.2. The minimum absolute atomic E-state index is 0.607. The van der Waals surface area contributed by atoms with Gasteiger partial charge >= 0.3 is 6.18 Å². The van der Waals surface area contributed by atoms with E-state index in [4.69, 9.17) is 0 Å². The lowest BCUT2D eigenvalue weighted by Gasteiger charge is -2.08. The SMILES string of the molecule is NC(=O)C1=C(C(F)(F)F)NC(=O)C1. The van der Waals surface area contributed by atoms with Crippen molar-refractivity contribution < 1.29 is 22.8 Å². The maximum atomic E-state index is 12.1. The first-order valence-electron chi connectivity index (χ1n) is 3.22. The zero-order valence-electron chi connectivity index (χ0n) is 6.23. The molecule has 0 aromatic heterocycles. The highest BCUT2D eigenvalue weighted by atomic mass is 19.4. The minimum atomic E-state index is -4.74. The van der Waals surface area contributed by atoms with Gasteiger partial charge in [0.1, 0.15) is 5.70 Å². The fourth-order valence-corrected chi connectivity index (χ4v) is 0.960. The number of nitrogens with one attached hydrogen (secondary N) is 1. The normalized spacial score (nSPS) is 17.6. The van der Waals surface area contributed by atoms with Crippen LogP contribution in [0.25, 0.3) is 0 Å². The summed E-state index contributed by atoms with van der Waals surface area (Å²) in [5, 5.41) is 1.54. The zero-order valence-corrected chi connectivity index (χ0v) is 6.23. The second kappa shape index (κ2) is 2.75. The molecule has 4 nitrogen and oxygen atoms in total. The van der Waals surface area contributed by atoms with Crippen LogP contribution in [0.5, 0.6) is 0 Å². The van der Waals surface area contributed by atoms with E-state index in [1.165, 1.54) is 0 Å². The number of primary amides is 1. The number of hydrogen-bond donors (Lipinski definition) is 2. The van der Waals surface area contributed by atoms with Crippen molar-refractivity contribution in [1.29, 1.82) is 0 Å². The van der Waals surface area contributed by atoms with Crippen LogP contribution in [0.4, 0.5) is 13.2 Å². The molecule has 0 fully saturated rings. The average Bonchev–Trinajstić information content (AvgIpc) is 2.29. The van der Waals surface area contributed by atoms with E-state index in [1.807, 2.05) is 0 Å². The molecule has 0 radical (unpaired) electrons. The van der Waals surface area contributed by atoms with Gasteiger partial charge < -0.3 is 11.1 Å². The highest BCUT2D eigenvalue weighted by Crippen LogP contribution is 2.30. The molecule has 0 aliphatic carbocycles. The second-order valence-electron chi connectivity index (χ2n) is 2.44. The Morgan fingerprint density at radius 2 is 2.00 bits per heavy atom. The van der Waals surface area contributed by atoms with Gasteiger partial charge in [-0.3, -0.25) is 9.59 Å². The number of halogens is 3. The van der Waals surface area contributed by atoms with Crippen LogP contribution in [0.15, 0.2) is 11.3 Å². The molecule has 1 heterocycles. The molecule has 3 N–H and O–H groups in total. The monoisotopic (exact) mass is 194 g/mol. The van der Waals surface area contributed by atoms with E-state index >= 15 is 0 Å². The van der Waals surface area contributed by atoms with Crippen LogP contribution in [0, 0.1) is 0 Å². The summed E-state index contributed by atoms with van der Waals surface area (Å²) in [6, 6.07) is 0. The Bertz CT molecular complexity index is 305. The van der Waals surface area contributed by atoms with Crippen LogP contribution in [0.2, 0.25) is 0 Å². The highest BCUT2D eigenvalue weighted by Gasteiger charge is 2.42. The summed E-state index contributed by atoms with van der Waals surface area (Å²) in [4.78, 5) is 21.0. The van der Waals surface area contributed by atoms with E-state index in [9.17, 15) is 22.8 Å². The summed E-state index contributed by atoms with van der Waals surface area (Å²) in [7, 11) is 0. The number of carbonyl (C=O) groups is 2. The summed E-state index contributed by atoms with van der Waals surface area (Å²) in [6.07, 6.45) is -5.35. The molecule has 0 saturated heterocycles. The maximum Gasteiger partial charge on any atom is 0.431 e. The molecular formula is C6H5F3N2O2. The van der Waals surface area contributed by atoms with Crippen molar-refractivity contribution in [2.24, 2.45) is 5.73 Å². The molecule has 0 unspecified atom stereocenters. The lowest BCUT2D eigenvalue weighted by molar-refractivity contribution is -0.123. The van der Waals surface area contributed by atoms with E-state index in [0.717, 1.165) is 0 Å². The Morgan fingerprint density at radius 3 is 2.31 bits per heavy atom. The number of hydrogen-bond acceptors (Lipinski definition) is 2. The molecule has 0 atom stereocenters. The third-order valence-corrected chi connectivity index (χ3v) is 1.48. The Hall–Kier alpha value is -1.53. The minimum Gasteiger partial charge on any atom is -0.366 e. The summed E-state index contributed by atoms with van der Waals surface area (Å²) in [5.41, 5.74) is 2.60. The van der Waals surface area contributed by atoms with Gasteiger partial charge in [-0.2, -0.15) is 13.2 Å². The molecule has 72 valence electrons. The van der Waals surface area contributed by atoms with E-state index in [-0.39, 0.29) is 0 Å². The first-order valence-corrected chi connectivity index (χ1v) is 3.22. The van der Waals surface area contributed by atoms with E-state index in [0.29, 0.717) is 0 Å². The second-order valence-corrected chi connectivity index (χ2v) is 2.44. The van der Waals surface area contributed by atoms with Crippen molar-refractivity contribution in [3.8, 4) is 0 Å². The summed E-state index contributed by atoms with van der Waals surface area (Å²) in [6.45, 7) is 0. The van der Waals surface area contributed by atoms with Gasteiger partial charge in [0.2, 0.25) is 11.8 Å². The maximum absolute atomic E-state index is 12.1. The smallest absolute Gasteiger partial charge is 0.366 e. The molecule has 13 heavy (non-hydrogen) atoms. The molecule has 0 saturated carbocycles. The van der Waals surface area contributed by atoms with Crippen molar-refractivity contribution in [2.75, 3.05) is 0 Å². The molecule has 1 aliphatic rings. The number of amides is 2. The van der Waals surface area contributed by atoms with Crippen molar-refractivity contribution in [3.63, 3.8) is 0 Å². The van der Waals surface area contributed by atoms with Gasteiger partial charge in [-0.1, -0.05) is 0 Å². The fraction of sp³-hybridized carbons (Fsp3) is 0.333. The molecule has 0 aromatic rings. The Morgan fingerprint density at radius 1 is 1.46 bits per heavy atom. The van der Waals surface area contributed by atoms with Gasteiger partial charge in [-0.25, -0.2) is 0 Å². The lowest BCUT2D eigenvalue weighted by Crippen LogP contribution is -2.27. The van der Waals surface area contributed by atoms with Crippen LogP contribution in [0.3, 0.4) is 0 Å². The van der Waals surface area contributed by atoms with Crippen LogP contribution in [-0.4, -0.2) is 18.0 Å². The van der Waals surface area contributed by atoms with Gasteiger partial charge in [0.25, 0.3) is 0 Å². The predicted molar refractivity (Wildman–Crippen MR) is 35.0 cm³/mol. The Labute approximate surface area is 70.6 Å². The molecule has 7 heteroatoms. The first kappa shape index (κ1) is 9.56. The van der Waals surface area contributed by atoms with Crippen LogP contribution in [-0.2, 0) is 9.59 Å².